The van der Waals surface area contributed by atoms with E-state index in [1.807, 2.05) is 25.7 Å². The minimum Gasteiger partial charge on any atom is -0.394 e. The molecule has 1 aromatic rings. The van der Waals surface area contributed by atoms with Gasteiger partial charge in [-0.1, -0.05) is 45.0 Å². The summed E-state index contributed by atoms with van der Waals surface area (Å²) in [5, 5.41) is 13.8. The molecule has 0 radical (unpaired) electrons. The molecular weight excluding hydrogens is 312 g/mol. The van der Waals surface area contributed by atoms with Crippen molar-refractivity contribution in [1.29, 1.82) is 0 Å². The van der Waals surface area contributed by atoms with Crippen molar-refractivity contribution in [3.8, 4) is 0 Å². The molecule has 1 atom stereocenters. The van der Waals surface area contributed by atoms with Crippen molar-refractivity contribution in [2.45, 2.75) is 52.0 Å². The summed E-state index contributed by atoms with van der Waals surface area (Å²) in [6.45, 7) is 8.73. The Labute approximate surface area is 151 Å². The fraction of sp³-hybridized carbons (Fsp3) is 0.667. The van der Waals surface area contributed by atoms with E-state index in [9.17, 15) is 9.90 Å². The number of amides is 1. The number of nitrogens with one attached hydrogen (secondary N) is 1. The molecule has 4 nitrogen and oxygen atoms in total. The second kappa shape index (κ2) is 7.08. The molecular formula is C21H32N2O2. The SMILES string of the molecule is CC(C)(C)C(=O)N1CCC(CN[C@]2(CO)CCc3ccccc32)CC1. The van der Waals surface area contributed by atoms with Gasteiger partial charge < -0.3 is 15.3 Å². The number of carbonyl (C=O) groups is 1. The third-order valence-electron chi connectivity index (χ3n) is 5.90. The number of piperidine rings is 1. The van der Waals surface area contributed by atoms with Gasteiger partial charge in [0.25, 0.3) is 0 Å². The molecule has 0 saturated carbocycles. The lowest BCUT2D eigenvalue weighted by molar-refractivity contribution is -0.140. The summed E-state index contributed by atoms with van der Waals surface area (Å²) in [5.74, 6) is 0.829. The van der Waals surface area contributed by atoms with Crippen LogP contribution < -0.4 is 5.32 Å². The predicted octanol–water partition coefficient (Wildman–Crippen LogP) is 2.69. The number of rotatable bonds is 4. The zero-order valence-corrected chi connectivity index (χ0v) is 15.8. The Kier molecular flexibility index (Phi) is 5.21. The minimum atomic E-state index is -0.292. The molecule has 3 rings (SSSR count). The summed E-state index contributed by atoms with van der Waals surface area (Å²) in [4.78, 5) is 14.4. The molecule has 0 aromatic heterocycles. The highest BCUT2D eigenvalue weighted by Crippen LogP contribution is 2.37. The standard InChI is InChI=1S/C21H32N2O2/c1-20(2,3)19(25)23-12-9-16(10-13-23)14-22-21(15-24)11-8-17-6-4-5-7-18(17)21/h4-7,16,22,24H,8-15H2,1-3H3/t21-/m0/s1. The number of aryl methyl sites for hydroxylation is 1. The van der Waals surface area contributed by atoms with E-state index in [4.69, 9.17) is 0 Å². The average Bonchev–Trinajstić information content (AvgIpc) is 2.98. The molecule has 1 aromatic carbocycles. The smallest absolute Gasteiger partial charge is 0.227 e. The number of hydrogen-bond donors (Lipinski definition) is 2. The van der Waals surface area contributed by atoms with E-state index in [1.54, 1.807) is 0 Å². The molecule has 0 bridgehead atoms. The van der Waals surface area contributed by atoms with Crippen LogP contribution in [0.25, 0.3) is 0 Å². The maximum absolute atomic E-state index is 12.4. The van der Waals surface area contributed by atoms with Gasteiger partial charge in [-0.25, -0.2) is 0 Å². The summed E-state index contributed by atoms with van der Waals surface area (Å²) in [7, 11) is 0. The Morgan fingerprint density at radius 3 is 2.60 bits per heavy atom. The molecule has 2 aliphatic rings. The third-order valence-corrected chi connectivity index (χ3v) is 5.90. The average molecular weight is 344 g/mol. The van der Waals surface area contributed by atoms with Crippen LogP contribution in [0.4, 0.5) is 0 Å². The van der Waals surface area contributed by atoms with Crippen LogP contribution in [0.15, 0.2) is 24.3 Å². The van der Waals surface area contributed by atoms with Gasteiger partial charge in [-0.15, -0.1) is 0 Å². The van der Waals surface area contributed by atoms with Gasteiger partial charge in [0.1, 0.15) is 0 Å². The van der Waals surface area contributed by atoms with Crippen molar-refractivity contribution >= 4 is 5.91 Å². The first-order valence-electron chi connectivity index (χ1n) is 9.59. The second-order valence-electron chi connectivity index (χ2n) is 8.76. The number of benzene rings is 1. The summed E-state index contributed by atoms with van der Waals surface area (Å²) in [5.41, 5.74) is 2.04. The highest BCUT2D eigenvalue weighted by atomic mass is 16.3. The Bertz CT molecular complexity index is 615. The molecule has 1 aliphatic heterocycles. The fourth-order valence-corrected chi connectivity index (χ4v) is 4.25. The van der Waals surface area contributed by atoms with Crippen LogP contribution in [-0.4, -0.2) is 42.2 Å². The number of likely N-dealkylation sites (tertiary alicyclic amines) is 1. The van der Waals surface area contributed by atoms with Crippen LogP contribution >= 0.6 is 0 Å². The Hall–Kier alpha value is -1.39. The quantitative estimate of drug-likeness (QED) is 0.883. The molecule has 1 fully saturated rings. The Morgan fingerprint density at radius 2 is 1.96 bits per heavy atom. The van der Waals surface area contributed by atoms with Crippen molar-refractivity contribution in [2.75, 3.05) is 26.2 Å². The van der Waals surface area contributed by atoms with E-state index in [2.05, 4.69) is 29.6 Å². The lowest BCUT2D eigenvalue weighted by Crippen LogP contribution is -2.49. The molecule has 138 valence electrons. The van der Waals surface area contributed by atoms with Gasteiger partial charge in [0, 0.05) is 18.5 Å². The largest absolute Gasteiger partial charge is 0.394 e. The van der Waals surface area contributed by atoms with Crippen molar-refractivity contribution in [3.63, 3.8) is 0 Å². The zero-order valence-electron chi connectivity index (χ0n) is 15.8. The summed E-state index contributed by atoms with van der Waals surface area (Å²) in [6.07, 6.45) is 4.07. The molecule has 0 spiro atoms. The van der Waals surface area contributed by atoms with Crippen molar-refractivity contribution in [2.24, 2.45) is 11.3 Å². The first-order chi connectivity index (χ1) is 11.9. The van der Waals surface area contributed by atoms with E-state index < -0.39 is 0 Å². The molecule has 1 amide bonds. The van der Waals surface area contributed by atoms with Crippen LogP contribution in [0.5, 0.6) is 0 Å². The predicted molar refractivity (Wildman–Crippen MR) is 100 cm³/mol. The molecule has 1 saturated heterocycles. The molecule has 1 aliphatic carbocycles. The number of aliphatic hydroxyl groups is 1. The minimum absolute atomic E-state index is 0.144. The zero-order chi connectivity index (χ0) is 18.1. The van der Waals surface area contributed by atoms with E-state index in [-0.39, 0.29) is 23.5 Å². The normalized spacial score (nSPS) is 24.4. The van der Waals surface area contributed by atoms with E-state index in [0.717, 1.165) is 45.3 Å². The summed E-state index contributed by atoms with van der Waals surface area (Å²) in [6, 6.07) is 8.46. The molecule has 0 unspecified atom stereocenters. The molecule has 2 N–H and O–H groups in total. The van der Waals surface area contributed by atoms with E-state index in [1.165, 1.54) is 11.1 Å². The fourth-order valence-electron chi connectivity index (χ4n) is 4.25. The van der Waals surface area contributed by atoms with Gasteiger partial charge in [-0.3, -0.25) is 4.79 Å². The highest BCUT2D eigenvalue weighted by molar-refractivity contribution is 5.81. The van der Waals surface area contributed by atoms with Crippen LogP contribution in [0, 0.1) is 11.3 Å². The monoisotopic (exact) mass is 344 g/mol. The topological polar surface area (TPSA) is 52.6 Å². The van der Waals surface area contributed by atoms with Gasteiger partial charge in [-0.05, 0) is 49.3 Å². The summed E-state index contributed by atoms with van der Waals surface area (Å²) < 4.78 is 0. The van der Waals surface area contributed by atoms with Gasteiger partial charge in [-0.2, -0.15) is 0 Å². The number of carbonyl (C=O) groups excluding carboxylic acids is 1. The van der Waals surface area contributed by atoms with Crippen LogP contribution in [0.1, 0.15) is 51.2 Å². The van der Waals surface area contributed by atoms with Crippen LogP contribution in [0.2, 0.25) is 0 Å². The second-order valence-corrected chi connectivity index (χ2v) is 8.76. The maximum atomic E-state index is 12.4. The highest BCUT2D eigenvalue weighted by Gasteiger charge is 2.38. The number of aliphatic hydroxyl groups excluding tert-OH is 1. The van der Waals surface area contributed by atoms with E-state index in [0.29, 0.717) is 5.92 Å². The van der Waals surface area contributed by atoms with Crippen molar-refractivity contribution in [3.05, 3.63) is 35.4 Å². The van der Waals surface area contributed by atoms with Crippen molar-refractivity contribution < 1.29 is 9.90 Å². The van der Waals surface area contributed by atoms with Crippen LogP contribution in [-0.2, 0) is 16.8 Å². The summed E-state index contributed by atoms with van der Waals surface area (Å²) >= 11 is 0. The Balaban J connectivity index is 1.56. The third kappa shape index (κ3) is 3.75. The van der Waals surface area contributed by atoms with Gasteiger partial charge in [0.05, 0.1) is 12.1 Å². The lowest BCUT2D eigenvalue weighted by Gasteiger charge is -2.37. The first-order valence-corrected chi connectivity index (χ1v) is 9.59. The van der Waals surface area contributed by atoms with Gasteiger partial charge in [0.2, 0.25) is 5.91 Å². The first kappa shape index (κ1) is 18.4. The molecule has 25 heavy (non-hydrogen) atoms. The molecule has 4 heteroatoms. The van der Waals surface area contributed by atoms with E-state index >= 15 is 0 Å². The number of hydrogen-bond acceptors (Lipinski definition) is 3. The lowest BCUT2D eigenvalue weighted by atomic mass is 9.89. The van der Waals surface area contributed by atoms with Crippen LogP contribution in [0.3, 0.4) is 0 Å². The van der Waals surface area contributed by atoms with Gasteiger partial charge in [0.15, 0.2) is 0 Å². The number of nitrogens with zero attached hydrogens (tertiary/aromatic N) is 1. The van der Waals surface area contributed by atoms with Gasteiger partial charge >= 0.3 is 0 Å². The Morgan fingerprint density at radius 1 is 1.28 bits per heavy atom. The van der Waals surface area contributed by atoms with Crippen molar-refractivity contribution in [1.82, 2.24) is 10.2 Å². The molecule has 1 heterocycles. The maximum Gasteiger partial charge on any atom is 0.227 e. The number of fused-ring (bicyclic) bond motifs is 1.